The lowest BCUT2D eigenvalue weighted by atomic mass is 10.1. The highest BCUT2D eigenvalue weighted by molar-refractivity contribution is 5.70. The highest BCUT2D eigenvalue weighted by Gasteiger charge is 2.12. The van der Waals surface area contributed by atoms with Crippen LogP contribution < -0.4 is 4.90 Å². The molecule has 19 heavy (non-hydrogen) atoms. The third-order valence-corrected chi connectivity index (χ3v) is 3.02. The van der Waals surface area contributed by atoms with E-state index in [2.05, 4.69) is 6.07 Å². The van der Waals surface area contributed by atoms with Crippen molar-refractivity contribution in [2.24, 2.45) is 0 Å². The van der Waals surface area contributed by atoms with Crippen LogP contribution in [0.15, 0.2) is 42.5 Å². The number of nitrogens with zero attached hydrogens (tertiary/aromatic N) is 2. The molecule has 2 aromatic carbocycles. The number of aromatic hydroxyl groups is 1. The summed E-state index contributed by atoms with van der Waals surface area (Å²) in [7, 11) is 0. The second-order valence-corrected chi connectivity index (χ2v) is 4.40. The van der Waals surface area contributed by atoms with Gasteiger partial charge in [0.25, 0.3) is 0 Å². The van der Waals surface area contributed by atoms with E-state index in [1.807, 2.05) is 43.0 Å². The van der Waals surface area contributed by atoms with E-state index in [1.54, 1.807) is 18.2 Å². The van der Waals surface area contributed by atoms with E-state index < -0.39 is 0 Å². The Morgan fingerprint density at radius 1 is 1.21 bits per heavy atom. The minimum Gasteiger partial charge on any atom is -0.508 e. The average Bonchev–Trinajstić information content (AvgIpc) is 2.41. The van der Waals surface area contributed by atoms with Crippen LogP contribution in [0.5, 0.6) is 5.75 Å². The molecular formula is C16H16N2O. The number of phenolic OH excluding ortho intramolecular Hbond substituents is 1. The predicted molar refractivity (Wildman–Crippen MR) is 76.7 cm³/mol. The summed E-state index contributed by atoms with van der Waals surface area (Å²) in [6.07, 6.45) is 0. The zero-order valence-electron chi connectivity index (χ0n) is 11.1. The van der Waals surface area contributed by atoms with Crippen LogP contribution in [0.2, 0.25) is 0 Å². The fraction of sp³-hybridized carbons (Fsp3) is 0.188. The standard InChI is InChI=1S/C16H16N2O/c1-3-18(14-5-4-6-15(19)10-14)16-8-7-12(2)9-13(16)11-17/h4-10,19H,3H2,1-2H3. The monoisotopic (exact) mass is 252 g/mol. The van der Waals surface area contributed by atoms with Crippen molar-refractivity contribution in [1.82, 2.24) is 0 Å². The van der Waals surface area contributed by atoms with Crippen LogP contribution in [0, 0.1) is 18.3 Å². The Bertz CT molecular complexity index is 629. The Morgan fingerprint density at radius 3 is 2.63 bits per heavy atom. The van der Waals surface area contributed by atoms with E-state index in [4.69, 9.17) is 0 Å². The Labute approximate surface area is 113 Å². The summed E-state index contributed by atoms with van der Waals surface area (Å²) in [4.78, 5) is 2.01. The van der Waals surface area contributed by atoms with Gasteiger partial charge in [-0.2, -0.15) is 5.26 Å². The number of benzene rings is 2. The molecule has 3 heteroatoms. The van der Waals surface area contributed by atoms with E-state index in [1.165, 1.54) is 0 Å². The first-order valence-corrected chi connectivity index (χ1v) is 6.23. The van der Waals surface area contributed by atoms with Gasteiger partial charge in [0, 0.05) is 18.3 Å². The van der Waals surface area contributed by atoms with Gasteiger partial charge >= 0.3 is 0 Å². The van der Waals surface area contributed by atoms with Crippen molar-refractivity contribution in [2.45, 2.75) is 13.8 Å². The van der Waals surface area contributed by atoms with Crippen molar-refractivity contribution in [3.8, 4) is 11.8 Å². The lowest BCUT2D eigenvalue weighted by molar-refractivity contribution is 0.475. The molecule has 2 aromatic rings. The molecule has 0 heterocycles. The molecule has 0 radical (unpaired) electrons. The van der Waals surface area contributed by atoms with Gasteiger partial charge in [-0.25, -0.2) is 0 Å². The molecule has 0 bridgehead atoms. The topological polar surface area (TPSA) is 47.3 Å². The fourth-order valence-corrected chi connectivity index (χ4v) is 2.13. The highest BCUT2D eigenvalue weighted by Crippen LogP contribution is 2.30. The van der Waals surface area contributed by atoms with Crippen molar-refractivity contribution in [2.75, 3.05) is 11.4 Å². The molecule has 0 atom stereocenters. The SMILES string of the molecule is CCN(c1cccc(O)c1)c1ccc(C)cc1C#N. The average molecular weight is 252 g/mol. The first kappa shape index (κ1) is 13.0. The zero-order chi connectivity index (χ0) is 13.8. The molecule has 1 N–H and O–H groups in total. The summed E-state index contributed by atoms with van der Waals surface area (Å²) < 4.78 is 0. The largest absolute Gasteiger partial charge is 0.508 e. The van der Waals surface area contributed by atoms with Gasteiger partial charge in [0.2, 0.25) is 0 Å². The third kappa shape index (κ3) is 2.69. The summed E-state index contributed by atoms with van der Waals surface area (Å²) in [6.45, 7) is 4.71. The van der Waals surface area contributed by atoms with Crippen molar-refractivity contribution in [1.29, 1.82) is 5.26 Å². The molecule has 0 fully saturated rings. The third-order valence-electron chi connectivity index (χ3n) is 3.02. The van der Waals surface area contributed by atoms with Crippen LogP contribution in [-0.2, 0) is 0 Å². The molecule has 0 aliphatic carbocycles. The van der Waals surface area contributed by atoms with Crippen LogP contribution >= 0.6 is 0 Å². The van der Waals surface area contributed by atoms with Crippen molar-refractivity contribution >= 4 is 11.4 Å². The molecule has 0 aromatic heterocycles. The fourth-order valence-electron chi connectivity index (χ4n) is 2.13. The van der Waals surface area contributed by atoms with Crippen molar-refractivity contribution < 1.29 is 5.11 Å². The van der Waals surface area contributed by atoms with E-state index in [9.17, 15) is 10.4 Å². The highest BCUT2D eigenvalue weighted by atomic mass is 16.3. The van der Waals surface area contributed by atoms with Gasteiger partial charge in [0.15, 0.2) is 0 Å². The van der Waals surface area contributed by atoms with Crippen LogP contribution in [0.25, 0.3) is 0 Å². The maximum atomic E-state index is 9.58. The normalized spacial score (nSPS) is 9.95. The van der Waals surface area contributed by atoms with E-state index in [0.717, 1.165) is 23.5 Å². The second kappa shape index (κ2) is 5.45. The molecule has 0 amide bonds. The Morgan fingerprint density at radius 2 is 2.00 bits per heavy atom. The Kier molecular flexibility index (Phi) is 3.72. The minimum atomic E-state index is 0.224. The molecule has 0 saturated carbocycles. The van der Waals surface area contributed by atoms with E-state index in [-0.39, 0.29) is 5.75 Å². The van der Waals surface area contributed by atoms with Crippen molar-refractivity contribution in [3.63, 3.8) is 0 Å². The number of hydrogen-bond donors (Lipinski definition) is 1. The van der Waals surface area contributed by atoms with Crippen LogP contribution in [0.1, 0.15) is 18.1 Å². The summed E-state index contributed by atoms with van der Waals surface area (Å²) in [5, 5.41) is 18.8. The number of hydrogen-bond acceptors (Lipinski definition) is 3. The quantitative estimate of drug-likeness (QED) is 0.905. The predicted octanol–water partition coefficient (Wildman–Crippen LogP) is 3.73. The van der Waals surface area contributed by atoms with Gasteiger partial charge in [-0.05, 0) is 43.7 Å². The Balaban J connectivity index is 2.52. The Hall–Kier alpha value is -2.47. The molecule has 0 saturated heterocycles. The van der Waals surface area contributed by atoms with Gasteiger partial charge in [-0.3, -0.25) is 0 Å². The van der Waals surface area contributed by atoms with Crippen molar-refractivity contribution in [3.05, 3.63) is 53.6 Å². The summed E-state index contributed by atoms with van der Waals surface area (Å²) in [5.41, 5.74) is 3.45. The maximum absolute atomic E-state index is 9.58. The summed E-state index contributed by atoms with van der Waals surface area (Å²) >= 11 is 0. The lowest BCUT2D eigenvalue weighted by Crippen LogP contribution is -2.17. The number of aryl methyl sites for hydroxylation is 1. The molecule has 0 aliphatic heterocycles. The number of phenols is 1. The van der Waals surface area contributed by atoms with Gasteiger partial charge in [-0.15, -0.1) is 0 Å². The van der Waals surface area contributed by atoms with Crippen LogP contribution in [0.3, 0.4) is 0 Å². The second-order valence-electron chi connectivity index (χ2n) is 4.40. The van der Waals surface area contributed by atoms with Gasteiger partial charge < -0.3 is 10.0 Å². The molecule has 0 spiro atoms. The number of rotatable bonds is 3. The summed E-state index contributed by atoms with van der Waals surface area (Å²) in [5.74, 6) is 0.224. The van der Waals surface area contributed by atoms with Crippen LogP contribution in [0.4, 0.5) is 11.4 Å². The maximum Gasteiger partial charge on any atom is 0.117 e. The molecular weight excluding hydrogens is 236 g/mol. The molecule has 0 aliphatic rings. The van der Waals surface area contributed by atoms with Crippen LogP contribution in [-0.4, -0.2) is 11.7 Å². The smallest absolute Gasteiger partial charge is 0.117 e. The minimum absolute atomic E-state index is 0.224. The van der Waals surface area contributed by atoms with Gasteiger partial charge in [0.1, 0.15) is 11.8 Å². The lowest BCUT2D eigenvalue weighted by Gasteiger charge is -2.24. The van der Waals surface area contributed by atoms with Gasteiger partial charge in [-0.1, -0.05) is 12.1 Å². The molecule has 96 valence electrons. The first-order valence-electron chi connectivity index (χ1n) is 6.23. The van der Waals surface area contributed by atoms with Gasteiger partial charge in [0.05, 0.1) is 11.3 Å². The molecule has 2 rings (SSSR count). The molecule has 3 nitrogen and oxygen atoms in total. The van der Waals surface area contributed by atoms with E-state index >= 15 is 0 Å². The van der Waals surface area contributed by atoms with E-state index in [0.29, 0.717) is 5.56 Å². The molecule has 0 unspecified atom stereocenters. The zero-order valence-corrected chi connectivity index (χ0v) is 11.1. The summed E-state index contributed by atoms with van der Waals surface area (Å²) in [6, 6.07) is 15.1. The first-order chi connectivity index (χ1) is 9.15. The number of nitriles is 1. The number of anilines is 2.